The van der Waals surface area contributed by atoms with Crippen molar-refractivity contribution in [2.24, 2.45) is 0 Å². The maximum Gasteiger partial charge on any atom is 0.0610 e. The van der Waals surface area contributed by atoms with Crippen LogP contribution in [-0.2, 0) is 0 Å². The van der Waals surface area contributed by atoms with Crippen LogP contribution in [0.2, 0.25) is 0 Å². The molecule has 4 rings (SSSR count). The van der Waals surface area contributed by atoms with Gasteiger partial charge in [0.05, 0.1) is 12.1 Å². The first-order chi connectivity index (χ1) is 11.3. The first-order valence-corrected chi connectivity index (χ1v) is 8.18. The predicted molar refractivity (Wildman–Crippen MR) is 95.5 cm³/mol. The Morgan fingerprint density at radius 1 is 0.652 bits per heavy atom. The van der Waals surface area contributed by atoms with Gasteiger partial charge in [-0.2, -0.15) is 0 Å². The van der Waals surface area contributed by atoms with Gasteiger partial charge in [-0.15, -0.1) is 0 Å². The molecule has 3 aromatic rings. The molecule has 1 nitrogen and oxygen atoms in total. The summed E-state index contributed by atoms with van der Waals surface area (Å²) in [6, 6.07) is 29.2. The lowest BCUT2D eigenvalue weighted by Gasteiger charge is -2.27. The maximum atomic E-state index is 2.49. The molecule has 1 aliphatic heterocycles. The van der Waals surface area contributed by atoms with Crippen LogP contribution < -0.4 is 0 Å². The summed E-state index contributed by atoms with van der Waals surface area (Å²) in [5, 5.41) is 0. The van der Waals surface area contributed by atoms with E-state index >= 15 is 0 Å². The van der Waals surface area contributed by atoms with E-state index in [9.17, 15) is 0 Å². The molecule has 0 aromatic heterocycles. The first kappa shape index (κ1) is 14.2. The second-order valence-electron chi connectivity index (χ2n) is 6.42. The van der Waals surface area contributed by atoms with Gasteiger partial charge >= 0.3 is 0 Å². The van der Waals surface area contributed by atoms with E-state index < -0.39 is 0 Å². The number of hydrogen-bond acceptors (Lipinski definition) is 1. The number of nitrogens with zero attached hydrogens (tertiary/aromatic N) is 1. The Bertz CT molecular complexity index is 808. The van der Waals surface area contributed by atoms with Gasteiger partial charge in [0.2, 0.25) is 0 Å². The van der Waals surface area contributed by atoms with Gasteiger partial charge in [0.25, 0.3) is 0 Å². The van der Waals surface area contributed by atoms with Crippen molar-refractivity contribution in [2.45, 2.75) is 19.0 Å². The highest BCUT2D eigenvalue weighted by Crippen LogP contribution is 2.47. The molecule has 3 aromatic carbocycles. The topological polar surface area (TPSA) is 3.24 Å². The maximum absolute atomic E-state index is 2.49. The standard InChI is InChI=1S/C22H21N/c1-16-13-14-19-20(15-16)22(18-11-7-4-8-12-18)23(2)21(19)17-9-5-3-6-10-17/h3-15,21-22H,1-2H3. The van der Waals surface area contributed by atoms with Crippen molar-refractivity contribution in [1.29, 1.82) is 0 Å². The largest absolute Gasteiger partial charge is 0.284 e. The Labute approximate surface area is 138 Å². The van der Waals surface area contributed by atoms with Crippen LogP contribution in [0.3, 0.4) is 0 Å². The minimum atomic E-state index is 0.316. The molecule has 0 saturated heterocycles. The number of benzene rings is 3. The number of aryl methyl sites for hydroxylation is 1. The minimum absolute atomic E-state index is 0.316. The van der Waals surface area contributed by atoms with Gasteiger partial charge < -0.3 is 0 Å². The van der Waals surface area contributed by atoms with Gasteiger partial charge in [-0.05, 0) is 36.2 Å². The molecule has 0 aliphatic carbocycles. The van der Waals surface area contributed by atoms with Crippen molar-refractivity contribution in [2.75, 3.05) is 7.05 Å². The Balaban J connectivity index is 1.89. The van der Waals surface area contributed by atoms with Crippen LogP contribution in [0.4, 0.5) is 0 Å². The Morgan fingerprint density at radius 3 is 1.74 bits per heavy atom. The molecular weight excluding hydrogens is 278 g/mol. The summed E-state index contributed by atoms with van der Waals surface area (Å²) in [6.07, 6.45) is 0. The predicted octanol–water partition coefficient (Wildman–Crippen LogP) is 5.12. The van der Waals surface area contributed by atoms with Crippen LogP contribution in [0, 0.1) is 6.92 Å². The smallest absolute Gasteiger partial charge is 0.0610 e. The first-order valence-electron chi connectivity index (χ1n) is 8.18. The van der Waals surface area contributed by atoms with Gasteiger partial charge in [-0.3, -0.25) is 4.90 Å². The number of hydrogen-bond donors (Lipinski definition) is 0. The summed E-state index contributed by atoms with van der Waals surface area (Å²) >= 11 is 0. The van der Waals surface area contributed by atoms with Gasteiger partial charge in [-0.25, -0.2) is 0 Å². The van der Waals surface area contributed by atoms with Gasteiger partial charge in [0, 0.05) is 0 Å². The molecule has 1 heteroatoms. The molecule has 0 radical (unpaired) electrons. The number of fused-ring (bicyclic) bond motifs is 1. The van der Waals surface area contributed by atoms with E-state index in [0.29, 0.717) is 12.1 Å². The zero-order chi connectivity index (χ0) is 15.8. The lowest BCUT2D eigenvalue weighted by atomic mass is 9.94. The molecule has 1 aliphatic rings. The number of rotatable bonds is 2. The quantitative estimate of drug-likeness (QED) is 0.635. The summed E-state index contributed by atoms with van der Waals surface area (Å²) < 4.78 is 0. The Hall–Kier alpha value is -2.38. The molecule has 0 bridgehead atoms. The monoisotopic (exact) mass is 299 g/mol. The zero-order valence-corrected chi connectivity index (χ0v) is 13.6. The third-order valence-corrected chi connectivity index (χ3v) is 4.88. The Kier molecular flexibility index (Phi) is 3.51. The lowest BCUT2D eigenvalue weighted by molar-refractivity contribution is 0.262. The van der Waals surface area contributed by atoms with E-state index in [1.54, 1.807) is 0 Å². The van der Waals surface area contributed by atoms with Crippen LogP contribution >= 0.6 is 0 Å². The molecule has 1 heterocycles. The molecule has 23 heavy (non-hydrogen) atoms. The molecule has 2 unspecified atom stereocenters. The molecule has 0 amide bonds. The van der Waals surface area contributed by atoms with Crippen molar-refractivity contribution in [3.63, 3.8) is 0 Å². The normalized spacial score (nSPS) is 20.4. The van der Waals surface area contributed by atoms with Crippen LogP contribution in [0.25, 0.3) is 0 Å². The van der Waals surface area contributed by atoms with E-state index in [1.165, 1.54) is 27.8 Å². The molecule has 0 spiro atoms. The molecular formula is C22H21N. The fourth-order valence-electron chi connectivity index (χ4n) is 3.87. The average molecular weight is 299 g/mol. The van der Waals surface area contributed by atoms with Gasteiger partial charge in [-0.1, -0.05) is 84.4 Å². The molecule has 2 atom stereocenters. The molecule has 0 fully saturated rings. The van der Waals surface area contributed by atoms with E-state index in [2.05, 4.69) is 97.7 Å². The minimum Gasteiger partial charge on any atom is -0.284 e. The summed E-state index contributed by atoms with van der Waals surface area (Å²) in [6.45, 7) is 2.18. The lowest BCUT2D eigenvalue weighted by Crippen LogP contribution is -2.23. The van der Waals surface area contributed by atoms with E-state index in [0.717, 1.165) is 0 Å². The van der Waals surface area contributed by atoms with Crippen molar-refractivity contribution in [3.8, 4) is 0 Å². The van der Waals surface area contributed by atoms with E-state index in [4.69, 9.17) is 0 Å². The van der Waals surface area contributed by atoms with E-state index in [1.807, 2.05) is 0 Å². The summed E-state index contributed by atoms with van der Waals surface area (Å²) in [4.78, 5) is 2.49. The third-order valence-electron chi connectivity index (χ3n) is 4.88. The van der Waals surface area contributed by atoms with Crippen LogP contribution in [-0.4, -0.2) is 11.9 Å². The molecule has 0 N–H and O–H groups in total. The van der Waals surface area contributed by atoms with Crippen molar-refractivity contribution < 1.29 is 0 Å². The SMILES string of the molecule is Cc1ccc2c(c1)C(c1ccccc1)N(C)C2c1ccccc1. The van der Waals surface area contributed by atoms with Crippen LogP contribution in [0.15, 0.2) is 78.9 Å². The second-order valence-corrected chi connectivity index (χ2v) is 6.42. The zero-order valence-electron chi connectivity index (χ0n) is 13.6. The van der Waals surface area contributed by atoms with E-state index in [-0.39, 0.29) is 0 Å². The molecule has 0 saturated carbocycles. The highest BCUT2D eigenvalue weighted by atomic mass is 15.2. The highest BCUT2D eigenvalue weighted by molar-refractivity contribution is 5.49. The highest BCUT2D eigenvalue weighted by Gasteiger charge is 2.37. The summed E-state index contributed by atoms with van der Waals surface area (Å²) in [5.74, 6) is 0. The summed E-state index contributed by atoms with van der Waals surface area (Å²) in [5.41, 5.74) is 6.91. The van der Waals surface area contributed by atoms with Crippen LogP contribution in [0.5, 0.6) is 0 Å². The van der Waals surface area contributed by atoms with Crippen molar-refractivity contribution in [1.82, 2.24) is 4.90 Å². The van der Waals surface area contributed by atoms with Crippen LogP contribution in [0.1, 0.15) is 39.9 Å². The van der Waals surface area contributed by atoms with Crippen molar-refractivity contribution >= 4 is 0 Å². The molecule has 114 valence electrons. The Morgan fingerprint density at radius 2 is 1.17 bits per heavy atom. The third kappa shape index (κ3) is 2.38. The van der Waals surface area contributed by atoms with Crippen molar-refractivity contribution in [3.05, 3.63) is 107 Å². The van der Waals surface area contributed by atoms with Gasteiger partial charge in [0.15, 0.2) is 0 Å². The fourth-order valence-corrected chi connectivity index (χ4v) is 3.87. The summed E-state index contributed by atoms with van der Waals surface area (Å²) in [7, 11) is 2.24. The fraction of sp³-hybridized carbons (Fsp3) is 0.182. The second kappa shape index (κ2) is 5.68. The average Bonchev–Trinajstić information content (AvgIpc) is 2.87. The van der Waals surface area contributed by atoms with Gasteiger partial charge in [0.1, 0.15) is 0 Å².